The van der Waals surface area contributed by atoms with E-state index in [2.05, 4.69) is 0 Å². The van der Waals surface area contributed by atoms with Crippen LogP contribution in [0.1, 0.15) is 6.92 Å². The monoisotopic (exact) mass is 192 g/mol. The molecular formula is C10H12N2O2. The molecule has 2 N–H and O–H groups in total. The van der Waals surface area contributed by atoms with E-state index in [1.165, 1.54) is 0 Å². The maximum absolute atomic E-state index is 11.2. The van der Waals surface area contributed by atoms with Crippen LogP contribution in [0.2, 0.25) is 0 Å². The Balaban J connectivity index is 2.46. The second kappa shape index (κ2) is 3.21. The molecule has 0 aliphatic carbocycles. The highest BCUT2D eigenvalue weighted by Crippen LogP contribution is 2.32. The molecule has 1 aromatic rings. The van der Waals surface area contributed by atoms with Crippen molar-refractivity contribution in [3.05, 3.63) is 24.3 Å². The Morgan fingerprint density at radius 2 is 2.29 bits per heavy atom. The molecule has 0 saturated heterocycles. The molecule has 4 heteroatoms. The highest BCUT2D eigenvalue weighted by atomic mass is 16.5. The summed E-state index contributed by atoms with van der Waals surface area (Å²) in [5.74, 6) is 0.712. The Bertz CT molecular complexity index is 365. The number of fused-ring (bicyclic) bond motifs is 1. The highest BCUT2D eigenvalue weighted by molar-refractivity contribution is 5.93. The lowest BCUT2D eigenvalue weighted by Gasteiger charge is -2.33. The summed E-state index contributed by atoms with van der Waals surface area (Å²) in [6.45, 7) is 2.39. The molecule has 0 saturated carbocycles. The predicted molar refractivity (Wildman–Crippen MR) is 53.5 cm³/mol. The fourth-order valence-electron chi connectivity index (χ4n) is 1.64. The largest absolute Gasteiger partial charge is 0.489 e. The molecule has 1 atom stereocenters. The number of hydrogen-bond acceptors (Lipinski definition) is 2. The normalized spacial score (nSPS) is 19.8. The number of ether oxygens (including phenoxy) is 1. The molecule has 0 spiro atoms. The Morgan fingerprint density at radius 1 is 1.57 bits per heavy atom. The van der Waals surface area contributed by atoms with Crippen LogP contribution in [0.3, 0.4) is 0 Å². The number of primary amides is 1. The number of rotatable bonds is 0. The number of nitrogens with zero attached hydrogens (tertiary/aromatic N) is 1. The summed E-state index contributed by atoms with van der Waals surface area (Å²) in [6, 6.07) is 6.94. The Kier molecular flexibility index (Phi) is 2.04. The summed E-state index contributed by atoms with van der Waals surface area (Å²) in [6.07, 6.45) is 0. The summed E-state index contributed by atoms with van der Waals surface area (Å²) in [5.41, 5.74) is 6.05. The third-order valence-corrected chi connectivity index (χ3v) is 2.28. The topological polar surface area (TPSA) is 55.6 Å². The van der Waals surface area contributed by atoms with E-state index in [0.29, 0.717) is 12.4 Å². The average Bonchev–Trinajstić information content (AvgIpc) is 2.17. The van der Waals surface area contributed by atoms with Crippen LogP contribution >= 0.6 is 0 Å². The van der Waals surface area contributed by atoms with E-state index in [1.54, 1.807) is 4.90 Å². The predicted octanol–water partition coefficient (Wildman–Crippen LogP) is 1.35. The Hall–Kier alpha value is -1.71. The number of para-hydroxylation sites is 2. The maximum Gasteiger partial charge on any atom is 0.319 e. The van der Waals surface area contributed by atoms with Crippen molar-refractivity contribution in [2.75, 3.05) is 11.5 Å². The van der Waals surface area contributed by atoms with Crippen molar-refractivity contribution < 1.29 is 9.53 Å². The van der Waals surface area contributed by atoms with Crippen molar-refractivity contribution >= 4 is 11.7 Å². The lowest BCUT2D eigenvalue weighted by atomic mass is 10.2. The second-order valence-electron chi connectivity index (χ2n) is 3.34. The van der Waals surface area contributed by atoms with Crippen LogP contribution < -0.4 is 15.4 Å². The van der Waals surface area contributed by atoms with Gasteiger partial charge in [0, 0.05) is 0 Å². The van der Waals surface area contributed by atoms with Crippen LogP contribution in [0.25, 0.3) is 0 Å². The molecule has 1 unspecified atom stereocenters. The van der Waals surface area contributed by atoms with E-state index in [4.69, 9.17) is 10.5 Å². The lowest BCUT2D eigenvalue weighted by molar-refractivity contribution is 0.237. The van der Waals surface area contributed by atoms with E-state index < -0.39 is 6.03 Å². The van der Waals surface area contributed by atoms with E-state index in [0.717, 1.165) is 5.69 Å². The molecule has 1 aliphatic heterocycles. The van der Waals surface area contributed by atoms with Crippen LogP contribution in [-0.2, 0) is 0 Å². The number of hydrogen-bond donors (Lipinski definition) is 1. The summed E-state index contributed by atoms with van der Waals surface area (Å²) >= 11 is 0. The van der Waals surface area contributed by atoms with Gasteiger partial charge >= 0.3 is 6.03 Å². The average molecular weight is 192 g/mol. The molecule has 1 heterocycles. The van der Waals surface area contributed by atoms with Gasteiger partial charge in [0.15, 0.2) is 0 Å². The summed E-state index contributed by atoms with van der Waals surface area (Å²) in [5, 5.41) is 0. The van der Waals surface area contributed by atoms with Gasteiger partial charge < -0.3 is 10.5 Å². The smallest absolute Gasteiger partial charge is 0.319 e. The summed E-state index contributed by atoms with van der Waals surface area (Å²) in [7, 11) is 0. The van der Waals surface area contributed by atoms with Gasteiger partial charge in [-0.25, -0.2) is 4.79 Å². The number of carbonyl (C=O) groups is 1. The standard InChI is InChI=1S/C10H12N2O2/c1-7-6-14-9-5-3-2-4-8(9)12(7)10(11)13/h2-5,7H,6H2,1H3,(H2,11,13). The minimum absolute atomic E-state index is 0.0117. The molecule has 1 aromatic carbocycles. The molecule has 2 rings (SSSR count). The van der Waals surface area contributed by atoms with Crippen LogP contribution in [0, 0.1) is 0 Å². The first-order valence-corrected chi connectivity index (χ1v) is 4.50. The first kappa shape index (κ1) is 8.87. The summed E-state index contributed by atoms with van der Waals surface area (Å²) in [4.78, 5) is 12.8. The third kappa shape index (κ3) is 1.28. The van der Waals surface area contributed by atoms with Gasteiger partial charge in [0.1, 0.15) is 12.4 Å². The first-order chi connectivity index (χ1) is 6.70. The van der Waals surface area contributed by atoms with Gasteiger partial charge in [0.2, 0.25) is 0 Å². The minimum Gasteiger partial charge on any atom is -0.489 e. The van der Waals surface area contributed by atoms with Gasteiger partial charge in [-0.3, -0.25) is 4.90 Å². The zero-order valence-corrected chi connectivity index (χ0v) is 7.93. The Labute approximate surface area is 82.3 Å². The van der Waals surface area contributed by atoms with E-state index in [1.807, 2.05) is 31.2 Å². The molecule has 2 amide bonds. The van der Waals surface area contributed by atoms with E-state index in [-0.39, 0.29) is 6.04 Å². The molecule has 74 valence electrons. The fourth-order valence-corrected chi connectivity index (χ4v) is 1.64. The van der Waals surface area contributed by atoms with Gasteiger partial charge in [0.05, 0.1) is 11.7 Å². The molecule has 0 aromatic heterocycles. The van der Waals surface area contributed by atoms with E-state index >= 15 is 0 Å². The van der Waals surface area contributed by atoms with Crippen LogP contribution in [0.15, 0.2) is 24.3 Å². The molecule has 0 bridgehead atoms. The van der Waals surface area contributed by atoms with Gasteiger partial charge in [-0.2, -0.15) is 0 Å². The quantitative estimate of drug-likeness (QED) is 0.674. The number of anilines is 1. The van der Waals surface area contributed by atoms with Gasteiger partial charge in [-0.15, -0.1) is 0 Å². The first-order valence-electron chi connectivity index (χ1n) is 4.50. The van der Waals surface area contributed by atoms with Gasteiger partial charge in [0.25, 0.3) is 0 Å². The van der Waals surface area contributed by atoms with Crippen molar-refractivity contribution in [1.82, 2.24) is 0 Å². The molecule has 0 fully saturated rings. The molecule has 0 radical (unpaired) electrons. The molecule has 14 heavy (non-hydrogen) atoms. The zero-order valence-electron chi connectivity index (χ0n) is 7.93. The van der Waals surface area contributed by atoms with Crippen LogP contribution in [0.4, 0.5) is 10.5 Å². The number of carbonyl (C=O) groups excluding carboxylic acids is 1. The third-order valence-electron chi connectivity index (χ3n) is 2.28. The van der Waals surface area contributed by atoms with Crippen molar-refractivity contribution in [2.45, 2.75) is 13.0 Å². The number of urea groups is 1. The fraction of sp³-hybridized carbons (Fsp3) is 0.300. The van der Waals surface area contributed by atoms with Crippen molar-refractivity contribution in [3.8, 4) is 5.75 Å². The highest BCUT2D eigenvalue weighted by Gasteiger charge is 2.27. The number of amides is 2. The second-order valence-corrected chi connectivity index (χ2v) is 3.34. The number of nitrogens with two attached hydrogens (primary N) is 1. The van der Waals surface area contributed by atoms with Crippen LogP contribution in [-0.4, -0.2) is 18.7 Å². The minimum atomic E-state index is -0.437. The molecule has 4 nitrogen and oxygen atoms in total. The van der Waals surface area contributed by atoms with Crippen molar-refractivity contribution in [2.24, 2.45) is 5.73 Å². The Morgan fingerprint density at radius 3 is 3.00 bits per heavy atom. The molecule has 1 aliphatic rings. The molecular weight excluding hydrogens is 180 g/mol. The van der Waals surface area contributed by atoms with Gasteiger partial charge in [-0.1, -0.05) is 12.1 Å². The van der Waals surface area contributed by atoms with Crippen molar-refractivity contribution in [3.63, 3.8) is 0 Å². The number of benzene rings is 1. The lowest BCUT2D eigenvalue weighted by Crippen LogP contribution is -2.47. The SMILES string of the molecule is CC1COc2ccccc2N1C(N)=O. The van der Waals surface area contributed by atoms with Crippen LogP contribution in [0.5, 0.6) is 5.75 Å². The zero-order chi connectivity index (χ0) is 10.1. The van der Waals surface area contributed by atoms with Crippen molar-refractivity contribution in [1.29, 1.82) is 0 Å². The summed E-state index contributed by atoms with van der Waals surface area (Å²) < 4.78 is 5.47. The van der Waals surface area contributed by atoms with Gasteiger partial charge in [-0.05, 0) is 19.1 Å². The maximum atomic E-state index is 11.2. The van der Waals surface area contributed by atoms with E-state index in [9.17, 15) is 4.79 Å².